The third-order valence-corrected chi connectivity index (χ3v) is 16.9. The van der Waals surface area contributed by atoms with Crippen LogP contribution in [-0.2, 0) is 90.2 Å². The molecule has 0 saturated heterocycles. The van der Waals surface area contributed by atoms with Gasteiger partial charge in [0.15, 0.2) is 15.5 Å². The number of sulfone groups is 1. The molecule has 0 aliphatic heterocycles. The molecule has 7 rings (SSSR count). The Morgan fingerprint density at radius 3 is 2.16 bits per heavy atom. The Morgan fingerprint density at radius 1 is 0.930 bits per heavy atom. The first-order chi connectivity index (χ1) is 39.3. The molecule has 468 valence electrons. The van der Waals surface area contributed by atoms with E-state index in [-0.39, 0.29) is 32.6 Å². The number of halogens is 11. The van der Waals surface area contributed by atoms with Gasteiger partial charge in [0.1, 0.15) is 58.8 Å². The average Bonchev–Trinajstić information content (AvgIpc) is 1.52. The third-order valence-electron chi connectivity index (χ3n) is 13.0. The number of nitrogens with one attached hydrogen (secondary N) is 2. The number of carbonyl (C=O) groups is 4. The number of ether oxygens (including phenoxy) is 2. The number of sulfonamides is 1. The molecule has 86 heavy (non-hydrogen) atoms. The number of carbonyl (C=O) groups excluding carboxylic acids is 4. The predicted octanol–water partition coefficient (Wildman–Crippen LogP) is 7.47. The lowest BCUT2D eigenvalue weighted by molar-refractivity contribution is -0.155. The van der Waals surface area contributed by atoms with Gasteiger partial charge in [0.2, 0.25) is 22.7 Å². The van der Waals surface area contributed by atoms with Crippen molar-refractivity contribution in [1.29, 1.82) is 0 Å². The zero-order chi connectivity index (χ0) is 64.2. The summed E-state index contributed by atoms with van der Waals surface area (Å²) >= 11 is 6.63. The minimum absolute atomic E-state index is 0.157. The van der Waals surface area contributed by atoms with Crippen LogP contribution >= 0.6 is 19.4 Å². The van der Waals surface area contributed by atoms with Crippen molar-refractivity contribution in [3.05, 3.63) is 98.7 Å². The van der Waals surface area contributed by atoms with Crippen LogP contribution in [0.5, 0.6) is 0 Å². The van der Waals surface area contributed by atoms with Gasteiger partial charge in [0, 0.05) is 46.9 Å². The van der Waals surface area contributed by atoms with Gasteiger partial charge < -0.3 is 24.6 Å². The molecule has 22 nitrogen and oxygen atoms in total. The van der Waals surface area contributed by atoms with Gasteiger partial charge in [-0.3, -0.25) is 33.4 Å². The molecular weight excluding hydrogens is 1260 g/mol. The quantitative estimate of drug-likeness (QED) is 0.0193. The maximum absolute atomic E-state index is 15.7. The third kappa shape index (κ3) is 16.2. The number of pyridine rings is 1. The van der Waals surface area contributed by atoms with Crippen LogP contribution in [0.15, 0.2) is 42.5 Å². The summed E-state index contributed by atoms with van der Waals surface area (Å²) in [6, 6.07) is 4.44. The molecule has 5 aromatic rings. The van der Waals surface area contributed by atoms with Crippen LogP contribution in [-0.4, -0.2) is 123 Å². The summed E-state index contributed by atoms with van der Waals surface area (Å²) in [4.78, 5) is 75.9. The Kier molecular flexibility index (Phi) is 18.6. The van der Waals surface area contributed by atoms with Crippen LogP contribution < -0.4 is 10.0 Å². The Bertz CT molecular complexity index is 3870. The standard InChI is InChI=1S/C50H50ClF10N8O14PS2/c1-46(2,3)83-38(72)12-14-67(45(73)81-24-82-84(74,75)76)20-37(71)66-86(79,80)22-35-40-33(51)10-9-30(42(40)69(64-35)23-48(54,55)56)29-8-7-28(11-13-47(4,5)85(6,77)78)62-41(29)34(17-25-15-26(52)18-27(53)16-25)63-36(70)21-68-44-39(43(65-68)50(59,60)61)31-19-32(31)49(44,57)58/h7-10,15-16,18,31-32,34H,12,14,17,19-24H2,1-6H3,(H,63,70)(H,66,71)(H2,74,75,76)/t31-,32+,34-/m0/s1. The van der Waals surface area contributed by atoms with Crippen LogP contribution in [0, 0.1) is 29.4 Å². The molecule has 0 spiro atoms. The second kappa shape index (κ2) is 24.0. The lowest BCUT2D eigenvalue weighted by Gasteiger charge is -2.23. The summed E-state index contributed by atoms with van der Waals surface area (Å²) < 4.78 is 226. The molecule has 0 radical (unpaired) electrons. The molecule has 3 atom stereocenters. The molecule has 0 unspecified atom stereocenters. The van der Waals surface area contributed by atoms with E-state index >= 15 is 8.78 Å². The van der Waals surface area contributed by atoms with E-state index in [0.29, 0.717) is 11.0 Å². The number of esters is 1. The Balaban J connectivity index is 1.34. The molecule has 3 heterocycles. The smallest absolute Gasteiger partial charge is 0.460 e. The monoisotopic (exact) mass is 1310 g/mol. The lowest BCUT2D eigenvalue weighted by Crippen LogP contribution is -2.44. The molecule has 3 aromatic heterocycles. The minimum atomic E-state index is -5.27. The van der Waals surface area contributed by atoms with Crippen LogP contribution in [0.2, 0.25) is 5.02 Å². The first-order valence-corrected chi connectivity index (χ1v) is 30.4. The van der Waals surface area contributed by atoms with Crippen molar-refractivity contribution in [3.8, 4) is 23.0 Å². The van der Waals surface area contributed by atoms with Gasteiger partial charge in [-0.2, -0.15) is 45.3 Å². The molecule has 0 bridgehead atoms. The van der Waals surface area contributed by atoms with Gasteiger partial charge in [-0.1, -0.05) is 23.6 Å². The number of phosphoric acid groups is 1. The Hall–Kier alpha value is -6.89. The van der Waals surface area contributed by atoms with E-state index in [1.807, 2.05) is 0 Å². The maximum atomic E-state index is 15.7. The van der Waals surface area contributed by atoms with E-state index < -0.39 is 211 Å². The summed E-state index contributed by atoms with van der Waals surface area (Å²) in [6.07, 6.45) is -12.9. The fraction of sp³-hybridized carbons (Fsp3) is 0.460. The number of nitrogens with zero attached hydrogens (tertiary/aromatic N) is 6. The minimum Gasteiger partial charge on any atom is -0.460 e. The summed E-state index contributed by atoms with van der Waals surface area (Å²) in [5.74, 6) is -9.38. The van der Waals surface area contributed by atoms with Crippen LogP contribution in [0.25, 0.3) is 22.0 Å². The Labute approximate surface area is 487 Å². The molecule has 3 amide bonds. The molecule has 4 N–H and O–H groups in total. The van der Waals surface area contributed by atoms with Crippen LogP contribution in [0.1, 0.15) is 99.0 Å². The van der Waals surface area contributed by atoms with Gasteiger partial charge in [0.05, 0.1) is 34.4 Å². The molecule has 2 aromatic carbocycles. The van der Waals surface area contributed by atoms with Gasteiger partial charge in [-0.05, 0) is 95.2 Å². The van der Waals surface area contributed by atoms with E-state index in [1.165, 1.54) is 34.6 Å². The normalized spacial score (nSPS) is 16.4. The average molecular weight is 1310 g/mol. The highest BCUT2D eigenvalue weighted by Crippen LogP contribution is 2.68. The SMILES string of the molecule is CC(C)(C)OC(=O)CCN(CC(=O)NS(=O)(=O)Cc1nn(CC(F)(F)F)c2c(-c3ccc(C#CC(C)(C)S(C)(=O)=O)nc3[C@H](Cc3cc(F)cc(F)c3)NC(=O)Cn3nc(C(F)(F)F)c4c3C(F)(F)[C@@H]3C[C@H]43)ccc(Cl)c12)C(=O)OCOP(=O)(O)O. The van der Waals surface area contributed by atoms with Crippen LogP contribution in [0.3, 0.4) is 0 Å². The number of rotatable bonds is 20. The lowest BCUT2D eigenvalue weighted by atomic mass is 9.93. The van der Waals surface area contributed by atoms with Crippen molar-refractivity contribution in [2.45, 2.75) is 113 Å². The number of fused-ring (bicyclic) bond motifs is 4. The highest BCUT2D eigenvalue weighted by Gasteiger charge is 2.68. The largest absolute Gasteiger partial charge is 0.472 e. The number of phosphoric ester groups is 1. The van der Waals surface area contributed by atoms with Crippen molar-refractivity contribution in [3.63, 3.8) is 0 Å². The zero-order valence-corrected chi connectivity index (χ0v) is 48.8. The van der Waals surface area contributed by atoms with Crippen molar-refractivity contribution >= 4 is 74.1 Å². The number of aromatic nitrogens is 5. The van der Waals surface area contributed by atoms with Crippen molar-refractivity contribution in [2.75, 3.05) is 26.1 Å². The van der Waals surface area contributed by atoms with Gasteiger partial charge in [-0.25, -0.2) is 44.5 Å². The maximum Gasteiger partial charge on any atom is 0.472 e. The Morgan fingerprint density at radius 2 is 1.57 bits per heavy atom. The number of amides is 3. The fourth-order valence-corrected chi connectivity index (χ4v) is 10.9. The van der Waals surface area contributed by atoms with Crippen molar-refractivity contribution in [1.82, 2.24) is 39.5 Å². The summed E-state index contributed by atoms with van der Waals surface area (Å²) in [7, 11) is -14.4. The first kappa shape index (κ1) is 66.6. The molecule has 36 heteroatoms. The second-order valence-electron chi connectivity index (χ2n) is 21.3. The van der Waals surface area contributed by atoms with Gasteiger partial charge >= 0.3 is 32.2 Å². The summed E-state index contributed by atoms with van der Waals surface area (Å²) in [5, 5.41) is 8.61. The molecule has 2 aliphatic carbocycles. The van der Waals surface area contributed by atoms with E-state index in [9.17, 15) is 75.7 Å². The van der Waals surface area contributed by atoms with E-state index in [0.717, 1.165) is 42.7 Å². The second-order valence-corrected chi connectivity index (χ2v) is 27.3. The number of alkyl halides is 8. The predicted molar refractivity (Wildman–Crippen MR) is 280 cm³/mol. The molecule has 1 fully saturated rings. The van der Waals surface area contributed by atoms with Crippen LogP contribution in [0.4, 0.5) is 48.7 Å². The topological polar surface area (TPSA) is 298 Å². The van der Waals surface area contributed by atoms with Gasteiger partial charge in [0.25, 0.3) is 11.8 Å². The highest BCUT2D eigenvalue weighted by molar-refractivity contribution is 7.92. The number of hydrogen-bond donors (Lipinski definition) is 4. The first-order valence-electron chi connectivity index (χ1n) is 25.0. The molecular formula is C50H50ClF10N8O14PS2. The van der Waals surface area contributed by atoms with E-state index in [2.05, 4.69) is 41.6 Å². The highest BCUT2D eigenvalue weighted by atomic mass is 35.5. The van der Waals surface area contributed by atoms with Gasteiger partial charge in [-0.15, -0.1) is 0 Å². The van der Waals surface area contributed by atoms with E-state index in [4.69, 9.17) is 26.1 Å². The van der Waals surface area contributed by atoms with E-state index in [1.54, 1.807) is 4.72 Å². The summed E-state index contributed by atoms with van der Waals surface area (Å²) in [6.45, 7) is 0.0715. The molecule has 2 aliphatic rings. The molecule has 1 saturated carbocycles. The number of benzene rings is 2. The fourth-order valence-electron chi connectivity index (χ4n) is 9.14. The summed E-state index contributed by atoms with van der Waals surface area (Å²) in [5.41, 5.74) is -8.13. The van der Waals surface area contributed by atoms with Crippen molar-refractivity contribution in [2.24, 2.45) is 5.92 Å². The van der Waals surface area contributed by atoms with Crippen molar-refractivity contribution < 1.29 is 108 Å². The zero-order valence-electron chi connectivity index (χ0n) is 45.5. The number of hydrogen-bond acceptors (Lipinski definition) is 15.